The summed E-state index contributed by atoms with van der Waals surface area (Å²) in [5.41, 5.74) is 0. The highest BCUT2D eigenvalue weighted by molar-refractivity contribution is 5.76. The fourth-order valence-corrected chi connectivity index (χ4v) is 9.14. The minimum atomic E-state index is -1.13. The molecule has 63 heavy (non-hydrogen) atoms. The van der Waals surface area contributed by atoms with E-state index < -0.39 is 18.2 Å². The van der Waals surface area contributed by atoms with E-state index in [1.54, 1.807) is 0 Å². The number of amides is 1. The van der Waals surface area contributed by atoms with Crippen LogP contribution in [0.15, 0.2) is 24.3 Å². The lowest BCUT2D eigenvalue weighted by Crippen LogP contribution is -2.50. The van der Waals surface area contributed by atoms with Crippen molar-refractivity contribution in [2.75, 3.05) is 6.61 Å². The fourth-order valence-electron chi connectivity index (χ4n) is 9.14. The van der Waals surface area contributed by atoms with Crippen LogP contribution in [0.3, 0.4) is 0 Å². The first-order valence-electron chi connectivity index (χ1n) is 28.6. The summed E-state index contributed by atoms with van der Waals surface area (Å²) in [4.78, 5) is 12.5. The molecule has 0 aromatic heterocycles. The standard InChI is InChI=1S/C58H113NO4/c1-3-5-7-9-11-13-15-17-19-20-21-22-23-24-25-26-27-28-29-30-31-32-33-34-35-36-37-38-39-41-43-45-47-49-51-53-57(62)59-55(54-60)58(63)56(61)52-50-48-46-44-42-40-18-16-14-12-10-8-6-4-2/h23-24,26-27,55-56,58,60-61,63H,3-22,25,28-54H2,1-2H3,(H,59,62)/b24-23-,27-26-. The summed E-state index contributed by atoms with van der Waals surface area (Å²) in [6.07, 6.45) is 67.7. The van der Waals surface area contributed by atoms with Gasteiger partial charge in [0.2, 0.25) is 5.91 Å². The third-order valence-corrected chi connectivity index (χ3v) is 13.6. The first-order valence-corrected chi connectivity index (χ1v) is 28.6. The van der Waals surface area contributed by atoms with Gasteiger partial charge in [-0.3, -0.25) is 4.79 Å². The van der Waals surface area contributed by atoms with Crippen LogP contribution in [0.4, 0.5) is 0 Å². The number of unbranched alkanes of at least 4 members (excludes halogenated alkanes) is 41. The summed E-state index contributed by atoms with van der Waals surface area (Å²) >= 11 is 0. The molecule has 0 saturated heterocycles. The van der Waals surface area contributed by atoms with Crippen molar-refractivity contribution >= 4 is 5.91 Å². The Hall–Kier alpha value is -1.17. The van der Waals surface area contributed by atoms with Crippen LogP contribution in [-0.2, 0) is 4.79 Å². The van der Waals surface area contributed by atoms with Crippen LogP contribution in [0.1, 0.15) is 316 Å². The maximum Gasteiger partial charge on any atom is 0.220 e. The van der Waals surface area contributed by atoms with Gasteiger partial charge in [-0.15, -0.1) is 0 Å². The zero-order valence-electron chi connectivity index (χ0n) is 42.7. The predicted octanol–water partition coefficient (Wildman–Crippen LogP) is 17.7. The largest absolute Gasteiger partial charge is 0.394 e. The molecular formula is C58H113NO4. The summed E-state index contributed by atoms with van der Waals surface area (Å²) in [6, 6.07) is -0.807. The number of aliphatic hydroxyl groups is 3. The highest BCUT2D eigenvalue weighted by Crippen LogP contribution is 2.18. The van der Waals surface area contributed by atoms with E-state index in [1.165, 1.54) is 244 Å². The molecule has 3 atom stereocenters. The Morgan fingerprint density at radius 2 is 0.683 bits per heavy atom. The molecule has 0 fully saturated rings. The van der Waals surface area contributed by atoms with Gasteiger partial charge in [-0.1, -0.05) is 289 Å². The first kappa shape index (κ1) is 61.8. The van der Waals surface area contributed by atoms with Gasteiger partial charge in [-0.25, -0.2) is 0 Å². The molecule has 0 aromatic rings. The van der Waals surface area contributed by atoms with Gasteiger partial charge in [0.15, 0.2) is 0 Å². The minimum Gasteiger partial charge on any atom is -0.394 e. The van der Waals surface area contributed by atoms with Crippen molar-refractivity contribution in [3.63, 3.8) is 0 Å². The number of rotatable bonds is 53. The van der Waals surface area contributed by atoms with Crippen molar-refractivity contribution in [1.82, 2.24) is 5.32 Å². The highest BCUT2D eigenvalue weighted by Gasteiger charge is 2.26. The normalized spacial score (nSPS) is 13.4. The second-order valence-corrected chi connectivity index (χ2v) is 19.9. The summed E-state index contributed by atoms with van der Waals surface area (Å²) < 4.78 is 0. The Morgan fingerprint density at radius 1 is 0.397 bits per heavy atom. The van der Waals surface area contributed by atoms with Gasteiger partial charge >= 0.3 is 0 Å². The number of nitrogens with one attached hydrogen (secondary N) is 1. The zero-order chi connectivity index (χ0) is 45.8. The Balaban J connectivity index is 3.47. The lowest BCUT2D eigenvalue weighted by Gasteiger charge is -2.26. The summed E-state index contributed by atoms with van der Waals surface area (Å²) in [5, 5.41) is 33.7. The number of hydrogen-bond acceptors (Lipinski definition) is 4. The van der Waals surface area contributed by atoms with Gasteiger partial charge in [-0.2, -0.15) is 0 Å². The Bertz CT molecular complexity index is 936. The molecule has 0 aliphatic carbocycles. The van der Waals surface area contributed by atoms with Crippen LogP contribution in [0.2, 0.25) is 0 Å². The van der Waals surface area contributed by atoms with Crippen LogP contribution in [0, 0.1) is 0 Å². The topological polar surface area (TPSA) is 89.8 Å². The molecule has 4 N–H and O–H groups in total. The van der Waals surface area contributed by atoms with Gasteiger partial charge in [0.1, 0.15) is 6.10 Å². The summed E-state index contributed by atoms with van der Waals surface area (Å²) in [6.45, 7) is 4.20. The predicted molar refractivity (Wildman–Crippen MR) is 278 cm³/mol. The van der Waals surface area contributed by atoms with Crippen molar-refractivity contribution in [2.45, 2.75) is 334 Å². The van der Waals surface area contributed by atoms with Gasteiger partial charge in [0.05, 0.1) is 18.8 Å². The Labute approximate surface area is 394 Å². The van der Waals surface area contributed by atoms with Gasteiger partial charge in [0, 0.05) is 6.42 Å². The van der Waals surface area contributed by atoms with Crippen LogP contribution in [0.25, 0.3) is 0 Å². The molecule has 0 saturated carbocycles. The van der Waals surface area contributed by atoms with Crippen LogP contribution >= 0.6 is 0 Å². The number of hydrogen-bond donors (Lipinski definition) is 4. The van der Waals surface area contributed by atoms with Gasteiger partial charge in [0.25, 0.3) is 0 Å². The third kappa shape index (κ3) is 48.6. The van der Waals surface area contributed by atoms with E-state index in [9.17, 15) is 20.1 Å². The molecule has 0 radical (unpaired) electrons. The molecule has 1 amide bonds. The van der Waals surface area contributed by atoms with Gasteiger partial charge < -0.3 is 20.6 Å². The van der Waals surface area contributed by atoms with Crippen LogP contribution in [0.5, 0.6) is 0 Å². The molecule has 5 heteroatoms. The molecule has 374 valence electrons. The quantitative estimate of drug-likeness (QED) is 0.0362. The SMILES string of the molecule is CCCCCCCCCCCCC/C=C\C/C=C\CCCCCCCCCCCCCCCCCCCC(=O)NC(CO)C(O)C(O)CCCCCCCCCCCCCCCC. The van der Waals surface area contributed by atoms with E-state index in [2.05, 4.69) is 43.5 Å². The summed E-state index contributed by atoms with van der Waals surface area (Å²) in [5.74, 6) is -0.140. The Morgan fingerprint density at radius 3 is 1.00 bits per heavy atom. The molecule has 0 aromatic carbocycles. The maximum absolute atomic E-state index is 12.5. The van der Waals surface area contributed by atoms with E-state index >= 15 is 0 Å². The second kappa shape index (κ2) is 53.4. The van der Waals surface area contributed by atoms with Crippen molar-refractivity contribution in [2.24, 2.45) is 0 Å². The molecule has 0 rings (SSSR count). The molecule has 3 unspecified atom stereocenters. The fraction of sp³-hybridized carbons (Fsp3) is 0.914. The average molecular weight is 889 g/mol. The van der Waals surface area contributed by atoms with Crippen molar-refractivity contribution in [3.05, 3.63) is 24.3 Å². The lowest BCUT2D eigenvalue weighted by atomic mass is 9.99. The number of aliphatic hydroxyl groups excluding tert-OH is 3. The number of carbonyl (C=O) groups is 1. The molecule has 0 heterocycles. The van der Waals surface area contributed by atoms with Crippen LogP contribution in [-0.4, -0.2) is 46.1 Å². The highest BCUT2D eigenvalue weighted by atomic mass is 16.3. The van der Waals surface area contributed by atoms with Gasteiger partial charge in [-0.05, 0) is 44.9 Å². The first-order chi connectivity index (χ1) is 31.1. The monoisotopic (exact) mass is 888 g/mol. The van der Waals surface area contributed by atoms with E-state index in [1.807, 2.05) is 0 Å². The van der Waals surface area contributed by atoms with Crippen LogP contribution < -0.4 is 5.32 Å². The average Bonchev–Trinajstić information content (AvgIpc) is 3.29. The lowest BCUT2D eigenvalue weighted by molar-refractivity contribution is -0.124. The zero-order valence-corrected chi connectivity index (χ0v) is 42.7. The number of carbonyl (C=O) groups excluding carboxylic acids is 1. The van der Waals surface area contributed by atoms with Crippen molar-refractivity contribution < 1.29 is 20.1 Å². The molecule has 5 nitrogen and oxygen atoms in total. The molecular weight excluding hydrogens is 775 g/mol. The molecule has 0 bridgehead atoms. The molecule has 0 aliphatic heterocycles. The molecule has 0 spiro atoms. The second-order valence-electron chi connectivity index (χ2n) is 19.9. The smallest absolute Gasteiger partial charge is 0.220 e. The van der Waals surface area contributed by atoms with Crippen molar-refractivity contribution in [3.8, 4) is 0 Å². The number of allylic oxidation sites excluding steroid dienone is 4. The van der Waals surface area contributed by atoms with E-state index in [4.69, 9.17) is 0 Å². The van der Waals surface area contributed by atoms with Crippen molar-refractivity contribution in [1.29, 1.82) is 0 Å². The maximum atomic E-state index is 12.5. The third-order valence-electron chi connectivity index (χ3n) is 13.6. The Kier molecular flexibility index (Phi) is 52.5. The minimum absolute atomic E-state index is 0.140. The van der Waals surface area contributed by atoms with E-state index in [-0.39, 0.29) is 12.5 Å². The molecule has 0 aliphatic rings. The van der Waals surface area contributed by atoms with E-state index in [0.29, 0.717) is 12.8 Å². The van der Waals surface area contributed by atoms with E-state index in [0.717, 1.165) is 44.9 Å². The summed E-state index contributed by atoms with van der Waals surface area (Å²) in [7, 11) is 0.